The lowest BCUT2D eigenvalue weighted by Crippen LogP contribution is -3.07. The first-order valence-electron chi connectivity index (χ1n) is 8.06. The summed E-state index contributed by atoms with van der Waals surface area (Å²) >= 11 is 0. The van der Waals surface area contributed by atoms with Gasteiger partial charge in [-0.15, -0.1) is 5.10 Å². The second-order valence-electron chi connectivity index (χ2n) is 8.39. The molecule has 0 amide bonds. The van der Waals surface area contributed by atoms with Crippen LogP contribution in [-0.4, -0.2) is 39.8 Å². The summed E-state index contributed by atoms with van der Waals surface area (Å²) in [5.74, 6) is 0. The van der Waals surface area contributed by atoms with Gasteiger partial charge in [-0.2, -0.15) is 0 Å². The molecule has 0 aromatic carbocycles. The Hall–Kier alpha value is -1.47. The first kappa shape index (κ1) is 17.9. The number of alkyl halides is 1. The van der Waals surface area contributed by atoms with Crippen LogP contribution < -0.4 is 5.01 Å². The Morgan fingerprint density at radius 1 is 1.22 bits per heavy atom. The van der Waals surface area contributed by atoms with E-state index < -0.39 is 6.67 Å². The molecule has 1 atom stereocenters. The lowest BCUT2D eigenvalue weighted by atomic mass is 9.93. The molecule has 1 aromatic rings. The third-order valence-corrected chi connectivity index (χ3v) is 3.59. The minimum absolute atomic E-state index is 0.0784. The van der Waals surface area contributed by atoms with Gasteiger partial charge >= 0.3 is 0 Å². The first-order chi connectivity index (χ1) is 10.6. The molecule has 0 fully saturated rings. The molecule has 23 heavy (non-hydrogen) atoms. The molecule has 7 heteroatoms. The lowest BCUT2D eigenvalue weighted by Gasteiger charge is -2.39. The second-order valence-corrected chi connectivity index (χ2v) is 8.39. The highest BCUT2D eigenvalue weighted by Gasteiger charge is 2.29. The highest BCUT2D eigenvalue weighted by Crippen LogP contribution is 2.21. The van der Waals surface area contributed by atoms with Crippen molar-refractivity contribution in [2.24, 2.45) is 10.8 Å². The Bertz CT molecular complexity index is 557. The summed E-state index contributed by atoms with van der Waals surface area (Å²) in [6.07, 6.45) is 3.77. The van der Waals surface area contributed by atoms with Crippen molar-refractivity contribution in [3.05, 3.63) is 29.3 Å². The average molecular weight is 324 g/mol. The van der Waals surface area contributed by atoms with E-state index in [4.69, 9.17) is 0 Å². The number of quaternary nitrogens is 1. The van der Waals surface area contributed by atoms with Crippen molar-refractivity contribution in [2.45, 2.75) is 48.1 Å². The fourth-order valence-corrected chi connectivity index (χ4v) is 2.75. The van der Waals surface area contributed by atoms with Gasteiger partial charge in [-0.1, -0.05) is 39.8 Å². The quantitative estimate of drug-likeness (QED) is 0.869. The maximum absolute atomic E-state index is 13.4. The van der Waals surface area contributed by atoms with Crippen LogP contribution in [0.1, 0.15) is 40.3 Å². The Labute approximate surface area is 138 Å². The smallest absolute Gasteiger partial charge is 0.164 e. The minimum atomic E-state index is -0.474. The standard InChI is InChI=1S/C16H29FN6/c1-13-8-21(19-18-13)11-16(5,6)12-23-14(7-17)9-22(20-23)10-15(2,3)4/h8-9,23H,7,10-12H2,1-6H3. The van der Waals surface area contributed by atoms with Gasteiger partial charge in [0.05, 0.1) is 18.8 Å². The molecule has 2 heterocycles. The van der Waals surface area contributed by atoms with E-state index in [0.717, 1.165) is 23.8 Å². The average Bonchev–Trinajstić information content (AvgIpc) is 2.92. The molecule has 0 radical (unpaired) electrons. The molecule has 0 saturated heterocycles. The molecule has 0 aliphatic carbocycles. The third-order valence-electron chi connectivity index (χ3n) is 3.59. The van der Waals surface area contributed by atoms with Crippen LogP contribution in [0.4, 0.5) is 4.39 Å². The van der Waals surface area contributed by atoms with Crippen molar-refractivity contribution in [2.75, 3.05) is 19.8 Å². The molecule has 1 N–H and O–H groups in total. The van der Waals surface area contributed by atoms with Crippen LogP contribution in [0.3, 0.4) is 0 Å². The van der Waals surface area contributed by atoms with Gasteiger partial charge in [0.15, 0.2) is 6.67 Å². The summed E-state index contributed by atoms with van der Waals surface area (Å²) in [5.41, 5.74) is 6.26. The van der Waals surface area contributed by atoms with E-state index in [2.05, 4.69) is 50.5 Å². The SMILES string of the molecule is Cc1cn(CC(C)(C)C[NH+]2[N-]N(CC(C)(C)C)C=C2CF)nn1. The molecule has 130 valence electrons. The lowest BCUT2D eigenvalue weighted by molar-refractivity contribution is -0.832. The van der Waals surface area contributed by atoms with Gasteiger partial charge in [-0.3, -0.25) is 4.68 Å². The summed E-state index contributed by atoms with van der Waals surface area (Å²) in [4.78, 5) is 0. The Balaban J connectivity index is 1.99. The van der Waals surface area contributed by atoms with E-state index in [-0.39, 0.29) is 10.8 Å². The Kier molecular flexibility index (Phi) is 5.10. The van der Waals surface area contributed by atoms with Crippen LogP contribution >= 0.6 is 0 Å². The molecule has 0 bridgehead atoms. The van der Waals surface area contributed by atoms with Crippen LogP contribution in [-0.2, 0) is 6.54 Å². The van der Waals surface area contributed by atoms with E-state index in [1.54, 1.807) is 0 Å². The number of nitrogens with zero attached hydrogens (tertiary/aromatic N) is 5. The number of hydrogen-bond donors (Lipinski definition) is 1. The zero-order valence-electron chi connectivity index (χ0n) is 15.1. The molecule has 2 rings (SSSR count). The minimum Gasteiger partial charge on any atom is -0.426 e. The van der Waals surface area contributed by atoms with Gasteiger partial charge < -0.3 is 15.6 Å². The van der Waals surface area contributed by atoms with Crippen molar-refractivity contribution in [1.82, 2.24) is 20.0 Å². The Morgan fingerprint density at radius 3 is 2.43 bits per heavy atom. The van der Waals surface area contributed by atoms with Gasteiger partial charge in [0, 0.05) is 24.4 Å². The maximum atomic E-state index is 13.4. The van der Waals surface area contributed by atoms with Crippen molar-refractivity contribution < 1.29 is 9.40 Å². The Morgan fingerprint density at radius 2 is 1.91 bits per heavy atom. The summed E-state index contributed by atoms with van der Waals surface area (Å²) in [7, 11) is 0. The molecular formula is C16H29FN6. The van der Waals surface area contributed by atoms with Crippen LogP contribution in [0.25, 0.3) is 5.53 Å². The maximum Gasteiger partial charge on any atom is 0.164 e. The molecule has 0 spiro atoms. The normalized spacial score (nSPS) is 19.3. The monoisotopic (exact) mass is 324 g/mol. The van der Waals surface area contributed by atoms with Crippen LogP contribution in [0.5, 0.6) is 0 Å². The third kappa shape index (κ3) is 5.28. The van der Waals surface area contributed by atoms with Gasteiger partial charge in [-0.05, 0) is 12.3 Å². The summed E-state index contributed by atoms with van der Waals surface area (Å²) in [5, 5.41) is 10.8. The topological polar surface area (TPSA) is 52.5 Å². The largest absolute Gasteiger partial charge is 0.426 e. The summed E-state index contributed by atoms with van der Waals surface area (Å²) in [6.45, 7) is 14.4. The van der Waals surface area contributed by atoms with E-state index in [0.29, 0.717) is 12.2 Å². The number of aryl methyl sites for hydroxylation is 1. The fourth-order valence-electron chi connectivity index (χ4n) is 2.75. The fraction of sp³-hybridized carbons (Fsp3) is 0.750. The first-order valence-corrected chi connectivity index (χ1v) is 8.06. The predicted octanol–water partition coefficient (Wildman–Crippen LogP) is 1.87. The summed E-state index contributed by atoms with van der Waals surface area (Å²) in [6, 6.07) is 0. The second kappa shape index (κ2) is 6.57. The molecule has 1 aliphatic rings. The van der Waals surface area contributed by atoms with E-state index in [1.807, 2.05) is 29.0 Å². The molecule has 6 nitrogen and oxygen atoms in total. The van der Waals surface area contributed by atoms with Crippen LogP contribution in [0.15, 0.2) is 18.1 Å². The number of allylic oxidation sites excluding steroid dienone is 1. The van der Waals surface area contributed by atoms with Crippen LogP contribution in [0.2, 0.25) is 0 Å². The van der Waals surface area contributed by atoms with Crippen molar-refractivity contribution in [3.63, 3.8) is 0 Å². The number of rotatable bonds is 6. The molecule has 1 aliphatic heterocycles. The van der Waals surface area contributed by atoms with Crippen molar-refractivity contribution >= 4 is 0 Å². The van der Waals surface area contributed by atoms with Crippen molar-refractivity contribution in [1.29, 1.82) is 0 Å². The number of halogens is 1. The zero-order chi connectivity index (χ0) is 17.3. The van der Waals surface area contributed by atoms with Gasteiger partial charge in [0.2, 0.25) is 0 Å². The zero-order valence-corrected chi connectivity index (χ0v) is 15.1. The summed E-state index contributed by atoms with van der Waals surface area (Å²) < 4.78 is 15.2. The van der Waals surface area contributed by atoms with Crippen molar-refractivity contribution in [3.8, 4) is 0 Å². The number of nitrogens with one attached hydrogen (secondary N) is 1. The highest BCUT2D eigenvalue weighted by atomic mass is 19.1. The number of aromatic nitrogens is 3. The number of hydrogen-bond acceptors (Lipinski definition) is 3. The van der Waals surface area contributed by atoms with Gasteiger partial charge in [0.1, 0.15) is 5.70 Å². The molecular weight excluding hydrogens is 295 g/mol. The van der Waals surface area contributed by atoms with E-state index in [9.17, 15) is 4.39 Å². The van der Waals surface area contributed by atoms with E-state index >= 15 is 0 Å². The molecule has 1 unspecified atom stereocenters. The predicted molar refractivity (Wildman–Crippen MR) is 87.9 cm³/mol. The molecule has 1 aromatic heterocycles. The van der Waals surface area contributed by atoms with Gasteiger partial charge in [-0.25, -0.2) is 4.39 Å². The molecule has 0 saturated carbocycles. The van der Waals surface area contributed by atoms with Crippen LogP contribution in [0, 0.1) is 17.8 Å². The van der Waals surface area contributed by atoms with E-state index in [1.165, 1.54) is 0 Å². The van der Waals surface area contributed by atoms with Gasteiger partial charge in [0.25, 0.3) is 0 Å². The highest BCUT2D eigenvalue weighted by molar-refractivity contribution is 5.01.